The summed E-state index contributed by atoms with van der Waals surface area (Å²) in [7, 11) is 2.15. The summed E-state index contributed by atoms with van der Waals surface area (Å²) in [6.45, 7) is 4.62. The Labute approximate surface area is 145 Å². The average molecular weight is 343 g/mol. The van der Waals surface area contributed by atoms with Crippen molar-refractivity contribution >= 4 is 28.5 Å². The van der Waals surface area contributed by atoms with Gasteiger partial charge in [-0.15, -0.1) is 0 Å². The van der Waals surface area contributed by atoms with Crippen molar-refractivity contribution in [1.82, 2.24) is 24.6 Å². The Hall–Kier alpha value is -2.18. The molecule has 124 valence electrons. The summed E-state index contributed by atoms with van der Waals surface area (Å²) in [5.74, 6) is 0.971. The van der Waals surface area contributed by atoms with Crippen molar-refractivity contribution in [2.24, 2.45) is 0 Å². The molecule has 0 spiro atoms. The Balaban J connectivity index is 1.68. The first-order valence-electron chi connectivity index (χ1n) is 8.06. The average Bonchev–Trinajstić information content (AvgIpc) is 3.01. The molecule has 1 aliphatic rings. The van der Waals surface area contributed by atoms with Crippen LogP contribution in [0.2, 0.25) is 5.02 Å². The predicted octanol–water partition coefficient (Wildman–Crippen LogP) is 2.28. The lowest BCUT2D eigenvalue weighted by atomic mass is 10.2. The number of nitrogens with zero attached hydrogens (tertiary/aromatic N) is 6. The van der Waals surface area contributed by atoms with Crippen LogP contribution in [-0.4, -0.2) is 57.9 Å². The summed E-state index contributed by atoms with van der Waals surface area (Å²) in [6.07, 6.45) is 3.49. The molecule has 0 N–H and O–H groups in total. The summed E-state index contributed by atoms with van der Waals surface area (Å²) in [5.41, 5.74) is 1.88. The van der Waals surface area contributed by atoms with Gasteiger partial charge in [-0.2, -0.15) is 5.10 Å². The molecule has 4 rings (SSSR count). The zero-order valence-corrected chi connectivity index (χ0v) is 14.3. The molecule has 1 saturated heterocycles. The van der Waals surface area contributed by atoms with E-state index in [0.717, 1.165) is 53.6 Å². The number of halogens is 1. The molecule has 3 aromatic rings. The van der Waals surface area contributed by atoms with E-state index in [1.165, 1.54) is 0 Å². The molecule has 6 nitrogen and oxygen atoms in total. The van der Waals surface area contributed by atoms with Crippen LogP contribution in [0.1, 0.15) is 5.56 Å². The van der Waals surface area contributed by atoms with Gasteiger partial charge in [0, 0.05) is 31.2 Å². The number of hydrogen-bond acceptors (Lipinski definition) is 5. The van der Waals surface area contributed by atoms with Crippen LogP contribution in [0.4, 0.5) is 5.82 Å². The molecule has 0 aliphatic carbocycles. The third kappa shape index (κ3) is 2.83. The maximum atomic E-state index is 6.27. The van der Waals surface area contributed by atoms with Crippen molar-refractivity contribution in [2.45, 2.75) is 6.54 Å². The van der Waals surface area contributed by atoms with Gasteiger partial charge in [0.05, 0.1) is 18.1 Å². The fourth-order valence-electron chi connectivity index (χ4n) is 3.05. The first-order valence-corrected chi connectivity index (χ1v) is 8.43. The number of likely N-dealkylation sites (N-methyl/N-ethyl adjacent to an activating group) is 1. The Morgan fingerprint density at radius 1 is 1.08 bits per heavy atom. The molecule has 1 aliphatic heterocycles. The second-order valence-electron chi connectivity index (χ2n) is 6.12. The zero-order chi connectivity index (χ0) is 16.5. The molecule has 3 heterocycles. The second-order valence-corrected chi connectivity index (χ2v) is 6.53. The third-order valence-electron chi connectivity index (χ3n) is 4.49. The second kappa shape index (κ2) is 6.37. The highest BCUT2D eigenvalue weighted by atomic mass is 35.5. The summed E-state index contributed by atoms with van der Waals surface area (Å²) in [4.78, 5) is 13.6. The number of anilines is 1. The van der Waals surface area contributed by atoms with Crippen LogP contribution in [0.25, 0.3) is 11.0 Å². The smallest absolute Gasteiger partial charge is 0.163 e. The minimum Gasteiger partial charge on any atom is -0.353 e. The van der Waals surface area contributed by atoms with E-state index in [1.807, 2.05) is 35.1 Å². The zero-order valence-electron chi connectivity index (χ0n) is 13.6. The van der Waals surface area contributed by atoms with Crippen LogP contribution in [0.5, 0.6) is 0 Å². The van der Waals surface area contributed by atoms with E-state index in [0.29, 0.717) is 6.54 Å². The number of benzene rings is 1. The molecule has 0 amide bonds. The van der Waals surface area contributed by atoms with Crippen molar-refractivity contribution in [1.29, 1.82) is 0 Å². The maximum absolute atomic E-state index is 6.27. The summed E-state index contributed by atoms with van der Waals surface area (Å²) in [5, 5.41) is 6.26. The first kappa shape index (κ1) is 15.4. The molecule has 24 heavy (non-hydrogen) atoms. The van der Waals surface area contributed by atoms with Crippen LogP contribution in [0.15, 0.2) is 36.8 Å². The SMILES string of the molecule is CN1CCN(c2ncnc3c2cnn3Cc2ccccc2Cl)CC1. The topological polar surface area (TPSA) is 50.1 Å². The molecule has 0 atom stereocenters. The van der Waals surface area contributed by atoms with Gasteiger partial charge < -0.3 is 9.80 Å². The molecule has 0 saturated carbocycles. The van der Waals surface area contributed by atoms with E-state index >= 15 is 0 Å². The number of hydrogen-bond donors (Lipinski definition) is 0. The standard InChI is InChI=1S/C17H19ClN6/c1-22-6-8-23(9-7-22)16-14-10-21-24(17(14)20-12-19-16)11-13-4-2-3-5-15(13)18/h2-5,10,12H,6-9,11H2,1H3. The van der Waals surface area contributed by atoms with E-state index < -0.39 is 0 Å². The van der Waals surface area contributed by atoms with Crippen molar-refractivity contribution in [3.05, 3.63) is 47.4 Å². The molecule has 1 aromatic carbocycles. The fraction of sp³-hybridized carbons (Fsp3) is 0.353. The molecular formula is C17H19ClN6. The summed E-state index contributed by atoms with van der Waals surface area (Å²) < 4.78 is 1.89. The lowest BCUT2D eigenvalue weighted by Gasteiger charge is -2.33. The first-order chi connectivity index (χ1) is 11.7. The molecule has 0 bridgehead atoms. The highest BCUT2D eigenvalue weighted by Crippen LogP contribution is 2.25. The Morgan fingerprint density at radius 3 is 2.67 bits per heavy atom. The van der Waals surface area contributed by atoms with Crippen molar-refractivity contribution in [3.63, 3.8) is 0 Å². The number of aromatic nitrogens is 4. The van der Waals surface area contributed by atoms with Crippen LogP contribution >= 0.6 is 11.6 Å². The number of rotatable bonds is 3. The van der Waals surface area contributed by atoms with Gasteiger partial charge in [0.25, 0.3) is 0 Å². The minimum atomic E-state index is 0.600. The van der Waals surface area contributed by atoms with Crippen molar-refractivity contribution < 1.29 is 0 Å². The normalized spacial score (nSPS) is 16.0. The van der Waals surface area contributed by atoms with E-state index in [9.17, 15) is 0 Å². The highest BCUT2D eigenvalue weighted by molar-refractivity contribution is 6.31. The fourth-order valence-corrected chi connectivity index (χ4v) is 3.25. The molecule has 7 heteroatoms. The van der Waals surface area contributed by atoms with Crippen molar-refractivity contribution in [3.8, 4) is 0 Å². The van der Waals surface area contributed by atoms with Gasteiger partial charge in [-0.25, -0.2) is 14.6 Å². The quantitative estimate of drug-likeness (QED) is 0.731. The van der Waals surface area contributed by atoms with Crippen LogP contribution in [-0.2, 0) is 6.54 Å². The Kier molecular flexibility index (Phi) is 4.08. The molecule has 0 unspecified atom stereocenters. The summed E-state index contributed by atoms with van der Waals surface area (Å²) in [6, 6.07) is 7.82. The van der Waals surface area contributed by atoms with Gasteiger partial charge in [-0.1, -0.05) is 29.8 Å². The molecule has 1 fully saturated rings. The molecular weight excluding hydrogens is 324 g/mol. The van der Waals surface area contributed by atoms with Gasteiger partial charge in [0.2, 0.25) is 0 Å². The minimum absolute atomic E-state index is 0.600. The van der Waals surface area contributed by atoms with Gasteiger partial charge >= 0.3 is 0 Å². The van der Waals surface area contributed by atoms with Gasteiger partial charge in [-0.05, 0) is 18.7 Å². The van der Waals surface area contributed by atoms with Gasteiger partial charge in [-0.3, -0.25) is 0 Å². The number of piperazine rings is 1. The molecule has 0 radical (unpaired) electrons. The van der Waals surface area contributed by atoms with Crippen LogP contribution < -0.4 is 4.90 Å². The van der Waals surface area contributed by atoms with Crippen molar-refractivity contribution in [2.75, 3.05) is 38.1 Å². The number of fused-ring (bicyclic) bond motifs is 1. The van der Waals surface area contributed by atoms with Crippen LogP contribution in [0.3, 0.4) is 0 Å². The van der Waals surface area contributed by atoms with E-state index in [-0.39, 0.29) is 0 Å². The summed E-state index contributed by atoms with van der Waals surface area (Å²) >= 11 is 6.27. The Bertz CT molecular complexity index is 853. The van der Waals surface area contributed by atoms with Gasteiger partial charge in [0.1, 0.15) is 12.1 Å². The third-order valence-corrected chi connectivity index (χ3v) is 4.86. The highest BCUT2D eigenvalue weighted by Gasteiger charge is 2.19. The largest absolute Gasteiger partial charge is 0.353 e. The Morgan fingerprint density at radius 2 is 1.88 bits per heavy atom. The molecule has 2 aromatic heterocycles. The van der Waals surface area contributed by atoms with E-state index in [4.69, 9.17) is 11.6 Å². The lowest BCUT2D eigenvalue weighted by molar-refractivity contribution is 0.312. The van der Waals surface area contributed by atoms with E-state index in [2.05, 4.69) is 31.9 Å². The maximum Gasteiger partial charge on any atom is 0.163 e. The van der Waals surface area contributed by atoms with Crippen LogP contribution in [0, 0.1) is 0 Å². The predicted molar refractivity (Wildman–Crippen MR) is 95.6 cm³/mol. The van der Waals surface area contributed by atoms with E-state index in [1.54, 1.807) is 6.33 Å². The monoisotopic (exact) mass is 342 g/mol. The van der Waals surface area contributed by atoms with Gasteiger partial charge in [0.15, 0.2) is 5.65 Å². The lowest BCUT2D eigenvalue weighted by Crippen LogP contribution is -2.44.